The van der Waals surface area contributed by atoms with E-state index >= 15 is 0 Å². The summed E-state index contributed by atoms with van der Waals surface area (Å²) in [4.78, 5) is 14.0. The first-order chi connectivity index (χ1) is 9.81. The Balaban J connectivity index is 0.000000271. The van der Waals surface area contributed by atoms with E-state index in [1.807, 2.05) is 36.4 Å². The van der Waals surface area contributed by atoms with Crippen molar-refractivity contribution in [2.24, 2.45) is 4.99 Å². The number of rotatable bonds is 4. The lowest BCUT2D eigenvalue weighted by Gasteiger charge is -1.90. The van der Waals surface area contributed by atoms with Crippen molar-refractivity contribution in [2.45, 2.75) is 32.6 Å². The molecular formula is C17H26NOP. The fourth-order valence-electron chi connectivity index (χ4n) is 1.36. The Morgan fingerprint density at radius 3 is 1.95 bits per heavy atom. The standard InChI is InChI=1S/C6H15P.C6H6.C5H5NO/c1-2-3-4-5-6-7;1-2-4-6-5-3-1;7-5-2-1-3-6-4-5/h2-7H2,1H3;1-6H;1-3H,4H2. The number of ketones is 1. The molecular weight excluding hydrogens is 265 g/mol. The van der Waals surface area contributed by atoms with E-state index in [9.17, 15) is 4.79 Å². The third-order valence-corrected chi connectivity index (χ3v) is 2.85. The number of aliphatic imine (C=N–C) groups is 1. The maximum Gasteiger partial charge on any atom is 0.177 e. The van der Waals surface area contributed by atoms with Gasteiger partial charge in [-0.15, -0.1) is 9.24 Å². The van der Waals surface area contributed by atoms with E-state index in [4.69, 9.17) is 0 Å². The van der Waals surface area contributed by atoms with Crippen LogP contribution in [0.2, 0.25) is 0 Å². The predicted octanol–water partition coefficient (Wildman–Crippen LogP) is 4.32. The highest BCUT2D eigenvalue weighted by Gasteiger charge is 1.93. The Hall–Kier alpha value is -1.27. The Morgan fingerprint density at radius 1 is 1.05 bits per heavy atom. The third-order valence-electron chi connectivity index (χ3n) is 2.45. The van der Waals surface area contributed by atoms with Gasteiger partial charge in [0.25, 0.3) is 0 Å². The van der Waals surface area contributed by atoms with Crippen LogP contribution in [0.15, 0.2) is 53.5 Å². The molecule has 1 aromatic rings. The van der Waals surface area contributed by atoms with Crippen molar-refractivity contribution in [1.29, 1.82) is 0 Å². The maximum atomic E-state index is 10.3. The highest BCUT2D eigenvalue weighted by atomic mass is 31.0. The summed E-state index contributed by atoms with van der Waals surface area (Å²) in [5.74, 6) is 0.0856. The molecule has 2 nitrogen and oxygen atoms in total. The lowest BCUT2D eigenvalue weighted by atomic mass is 10.2. The first-order valence-electron chi connectivity index (χ1n) is 7.20. The molecule has 110 valence electrons. The molecule has 2 rings (SSSR count). The van der Waals surface area contributed by atoms with E-state index < -0.39 is 0 Å². The highest BCUT2D eigenvalue weighted by molar-refractivity contribution is 7.16. The van der Waals surface area contributed by atoms with Gasteiger partial charge in [-0.3, -0.25) is 9.79 Å². The average Bonchev–Trinajstić information content (AvgIpc) is 2.52. The predicted molar refractivity (Wildman–Crippen MR) is 92.7 cm³/mol. The summed E-state index contributed by atoms with van der Waals surface area (Å²) in [6, 6.07) is 12.0. The molecule has 1 aliphatic rings. The summed E-state index contributed by atoms with van der Waals surface area (Å²) in [5.41, 5.74) is 0. The van der Waals surface area contributed by atoms with Crippen molar-refractivity contribution in [1.82, 2.24) is 0 Å². The average molecular weight is 291 g/mol. The van der Waals surface area contributed by atoms with Crippen LogP contribution in [0.1, 0.15) is 32.6 Å². The summed E-state index contributed by atoms with van der Waals surface area (Å²) in [6.07, 6.45) is 11.6. The molecule has 0 spiro atoms. The second-order valence-corrected chi connectivity index (χ2v) is 4.90. The molecule has 0 saturated heterocycles. The number of carbonyl (C=O) groups is 1. The van der Waals surface area contributed by atoms with Crippen LogP contribution in [0.25, 0.3) is 0 Å². The molecule has 3 heteroatoms. The topological polar surface area (TPSA) is 29.4 Å². The van der Waals surface area contributed by atoms with E-state index in [0.717, 1.165) is 0 Å². The molecule has 0 aliphatic carbocycles. The molecule has 0 saturated carbocycles. The first kappa shape index (κ1) is 18.7. The van der Waals surface area contributed by atoms with Crippen LogP contribution in [0, 0.1) is 0 Å². The Kier molecular flexibility index (Phi) is 14.8. The second-order valence-electron chi connectivity index (χ2n) is 4.32. The van der Waals surface area contributed by atoms with Crippen LogP contribution in [-0.2, 0) is 4.79 Å². The van der Waals surface area contributed by atoms with Gasteiger partial charge in [-0.05, 0) is 24.7 Å². The number of unbranched alkanes of at least 4 members (excludes halogenated alkanes) is 3. The summed E-state index contributed by atoms with van der Waals surface area (Å²) in [6.45, 7) is 2.57. The summed E-state index contributed by atoms with van der Waals surface area (Å²) >= 11 is 0. The Labute approximate surface area is 125 Å². The zero-order chi connectivity index (χ0) is 14.9. The molecule has 1 heterocycles. The molecule has 0 aromatic heterocycles. The molecule has 1 aliphatic heterocycles. The monoisotopic (exact) mass is 291 g/mol. The molecule has 0 N–H and O–H groups in total. The lowest BCUT2D eigenvalue weighted by Crippen LogP contribution is -2.00. The van der Waals surface area contributed by atoms with Crippen LogP contribution in [-0.4, -0.2) is 24.7 Å². The minimum absolute atomic E-state index is 0.0856. The number of allylic oxidation sites excluding steroid dienone is 1. The van der Waals surface area contributed by atoms with Gasteiger partial charge in [-0.2, -0.15) is 0 Å². The normalized spacial score (nSPS) is 12.0. The SMILES string of the molecule is CCCCCCP.O=C1C=CC=NC1.c1ccccc1. The van der Waals surface area contributed by atoms with Crippen molar-refractivity contribution < 1.29 is 4.79 Å². The zero-order valence-electron chi connectivity index (χ0n) is 12.4. The molecule has 0 fully saturated rings. The third kappa shape index (κ3) is 14.8. The van der Waals surface area contributed by atoms with E-state index in [2.05, 4.69) is 21.2 Å². The van der Waals surface area contributed by atoms with Gasteiger partial charge >= 0.3 is 0 Å². The molecule has 0 bridgehead atoms. The van der Waals surface area contributed by atoms with E-state index in [1.165, 1.54) is 37.9 Å². The lowest BCUT2D eigenvalue weighted by molar-refractivity contribution is -0.113. The maximum absolute atomic E-state index is 10.3. The van der Waals surface area contributed by atoms with Crippen molar-refractivity contribution in [3.63, 3.8) is 0 Å². The molecule has 1 aromatic carbocycles. The van der Waals surface area contributed by atoms with E-state index in [1.54, 1.807) is 12.3 Å². The minimum atomic E-state index is 0.0856. The molecule has 0 amide bonds. The Bertz CT molecular complexity index is 343. The number of hydrogen-bond donors (Lipinski definition) is 0. The van der Waals surface area contributed by atoms with Crippen LogP contribution in [0.5, 0.6) is 0 Å². The summed E-state index contributed by atoms with van der Waals surface area (Å²) < 4.78 is 0. The minimum Gasteiger partial charge on any atom is -0.293 e. The zero-order valence-corrected chi connectivity index (χ0v) is 13.5. The van der Waals surface area contributed by atoms with Gasteiger partial charge in [0, 0.05) is 6.21 Å². The first-order valence-corrected chi connectivity index (χ1v) is 8.02. The quantitative estimate of drug-likeness (QED) is 0.600. The van der Waals surface area contributed by atoms with Crippen molar-refractivity contribution in [3.05, 3.63) is 48.6 Å². The number of hydrogen-bond acceptors (Lipinski definition) is 2. The van der Waals surface area contributed by atoms with Crippen molar-refractivity contribution in [2.75, 3.05) is 12.7 Å². The van der Waals surface area contributed by atoms with Gasteiger partial charge in [-0.1, -0.05) is 62.6 Å². The number of dihydropyridines is 1. The van der Waals surface area contributed by atoms with E-state index in [-0.39, 0.29) is 5.78 Å². The van der Waals surface area contributed by atoms with Gasteiger partial charge in [0.2, 0.25) is 0 Å². The molecule has 0 radical (unpaired) electrons. The van der Waals surface area contributed by atoms with Gasteiger partial charge < -0.3 is 0 Å². The summed E-state index contributed by atoms with van der Waals surface area (Å²) in [5, 5.41) is 0. The van der Waals surface area contributed by atoms with Gasteiger partial charge in [0.15, 0.2) is 5.78 Å². The number of benzene rings is 1. The van der Waals surface area contributed by atoms with Gasteiger partial charge in [0.1, 0.15) is 6.54 Å². The van der Waals surface area contributed by atoms with Crippen LogP contribution in [0.4, 0.5) is 0 Å². The van der Waals surface area contributed by atoms with E-state index in [0.29, 0.717) is 6.54 Å². The van der Waals surface area contributed by atoms with Crippen LogP contribution in [0.3, 0.4) is 0 Å². The second kappa shape index (κ2) is 15.8. The fraction of sp³-hybridized carbons (Fsp3) is 0.412. The molecule has 1 atom stereocenters. The number of nitrogens with zero attached hydrogens (tertiary/aromatic N) is 1. The highest BCUT2D eigenvalue weighted by Crippen LogP contribution is 2.00. The number of carbonyl (C=O) groups excluding carboxylic acids is 1. The van der Waals surface area contributed by atoms with Crippen LogP contribution < -0.4 is 0 Å². The van der Waals surface area contributed by atoms with Gasteiger partial charge in [-0.25, -0.2) is 0 Å². The molecule has 1 unspecified atom stereocenters. The van der Waals surface area contributed by atoms with Gasteiger partial charge in [0.05, 0.1) is 0 Å². The fourth-order valence-corrected chi connectivity index (χ4v) is 1.65. The van der Waals surface area contributed by atoms with Crippen molar-refractivity contribution >= 4 is 21.2 Å². The smallest absolute Gasteiger partial charge is 0.177 e. The van der Waals surface area contributed by atoms with Crippen LogP contribution >= 0.6 is 9.24 Å². The molecule has 20 heavy (non-hydrogen) atoms. The largest absolute Gasteiger partial charge is 0.293 e. The summed E-state index contributed by atoms with van der Waals surface area (Å²) in [7, 11) is 2.75. The van der Waals surface area contributed by atoms with Crippen molar-refractivity contribution in [3.8, 4) is 0 Å². The Morgan fingerprint density at radius 2 is 1.65 bits per heavy atom.